The zero-order chi connectivity index (χ0) is 18.5. The Balaban J connectivity index is 0.00000261. The summed E-state index contributed by atoms with van der Waals surface area (Å²) in [4.78, 5) is 26.2. The summed E-state index contributed by atoms with van der Waals surface area (Å²) in [5.74, 6) is 2.01. The maximum Gasteiger partial charge on any atom is 0.225 e. The molecule has 1 fully saturated rings. The number of fused-ring (bicyclic) bond motifs is 1. The molecule has 1 aliphatic heterocycles. The standard InChI is InChI=1S/C19H28N6O.HI/c1-13(2)18(26)25-11-9-14(12-25)22-19(20-3)21-10-8-17-23-15-6-4-5-7-16(15)24-17;/h4-7,13-14H,8-12H2,1-3H3,(H,23,24)(H2,20,21,22);1H. The Kier molecular flexibility index (Phi) is 7.88. The van der Waals surface area contributed by atoms with Crippen LogP contribution in [-0.2, 0) is 11.2 Å². The second kappa shape index (κ2) is 9.91. The Bertz CT molecular complexity index is 754. The predicted octanol–water partition coefficient (Wildman–Crippen LogP) is 2.15. The van der Waals surface area contributed by atoms with E-state index in [1.807, 2.05) is 43.0 Å². The smallest absolute Gasteiger partial charge is 0.225 e. The van der Waals surface area contributed by atoms with Crippen molar-refractivity contribution in [2.45, 2.75) is 32.7 Å². The second-order valence-electron chi connectivity index (χ2n) is 7.02. The van der Waals surface area contributed by atoms with Gasteiger partial charge in [-0.3, -0.25) is 9.79 Å². The van der Waals surface area contributed by atoms with Crippen LogP contribution in [0.4, 0.5) is 0 Å². The molecule has 3 rings (SSSR count). The first kappa shape index (κ1) is 21.5. The molecule has 1 aliphatic rings. The monoisotopic (exact) mass is 484 g/mol. The van der Waals surface area contributed by atoms with Crippen LogP contribution in [0, 0.1) is 5.92 Å². The van der Waals surface area contributed by atoms with Crippen LogP contribution in [0.5, 0.6) is 0 Å². The number of halogens is 1. The van der Waals surface area contributed by atoms with Crippen molar-refractivity contribution in [3.05, 3.63) is 30.1 Å². The van der Waals surface area contributed by atoms with Crippen molar-refractivity contribution in [1.82, 2.24) is 25.5 Å². The first-order valence-electron chi connectivity index (χ1n) is 9.26. The third-order valence-electron chi connectivity index (χ3n) is 4.65. The van der Waals surface area contributed by atoms with Gasteiger partial charge in [0.15, 0.2) is 5.96 Å². The van der Waals surface area contributed by atoms with E-state index in [1.54, 1.807) is 7.05 Å². The van der Waals surface area contributed by atoms with Crippen molar-refractivity contribution in [1.29, 1.82) is 0 Å². The summed E-state index contributed by atoms with van der Waals surface area (Å²) in [7, 11) is 1.77. The largest absolute Gasteiger partial charge is 0.356 e. The average molecular weight is 484 g/mol. The van der Waals surface area contributed by atoms with Crippen LogP contribution in [0.3, 0.4) is 0 Å². The number of aromatic nitrogens is 2. The van der Waals surface area contributed by atoms with Gasteiger partial charge in [-0.1, -0.05) is 26.0 Å². The van der Waals surface area contributed by atoms with Gasteiger partial charge >= 0.3 is 0 Å². The fraction of sp³-hybridized carbons (Fsp3) is 0.526. The van der Waals surface area contributed by atoms with Crippen molar-refractivity contribution in [3.63, 3.8) is 0 Å². The highest BCUT2D eigenvalue weighted by Crippen LogP contribution is 2.13. The third-order valence-corrected chi connectivity index (χ3v) is 4.65. The number of hydrogen-bond donors (Lipinski definition) is 3. The van der Waals surface area contributed by atoms with Crippen LogP contribution in [0.1, 0.15) is 26.1 Å². The Morgan fingerprint density at radius 3 is 2.89 bits per heavy atom. The van der Waals surface area contributed by atoms with Crippen LogP contribution in [0.2, 0.25) is 0 Å². The molecule has 8 heteroatoms. The lowest BCUT2D eigenvalue weighted by Gasteiger charge is -2.20. The average Bonchev–Trinajstić information content (AvgIpc) is 3.26. The van der Waals surface area contributed by atoms with Gasteiger partial charge in [-0.2, -0.15) is 0 Å². The Labute approximate surface area is 177 Å². The Morgan fingerprint density at radius 2 is 2.19 bits per heavy atom. The number of benzene rings is 1. The molecule has 1 aromatic heterocycles. The van der Waals surface area contributed by atoms with Gasteiger partial charge in [0, 0.05) is 45.1 Å². The molecule has 0 aliphatic carbocycles. The zero-order valence-corrected chi connectivity index (χ0v) is 18.5. The molecule has 0 saturated carbocycles. The fourth-order valence-corrected chi connectivity index (χ4v) is 3.25. The summed E-state index contributed by atoms with van der Waals surface area (Å²) in [6.07, 6.45) is 1.74. The van der Waals surface area contributed by atoms with Crippen molar-refractivity contribution < 1.29 is 4.79 Å². The van der Waals surface area contributed by atoms with E-state index in [9.17, 15) is 4.79 Å². The molecule has 2 heterocycles. The number of carbonyl (C=O) groups excluding carboxylic acids is 1. The number of para-hydroxylation sites is 2. The molecule has 3 N–H and O–H groups in total. The maximum absolute atomic E-state index is 12.1. The van der Waals surface area contributed by atoms with Gasteiger partial charge in [0.1, 0.15) is 5.82 Å². The van der Waals surface area contributed by atoms with E-state index < -0.39 is 0 Å². The van der Waals surface area contributed by atoms with Crippen molar-refractivity contribution >= 4 is 46.9 Å². The number of hydrogen-bond acceptors (Lipinski definition) is 3. The highest BCUT2D eigenvalue weighted by molar-refractivity contribution is 14.0. The summed E-state index contributed by atoms with van der Waals surface area (Å²) < 4.78 is 0. The third kappa shape index (κ3) is 5.57. The lowest BCUT2D eigenvalue weighted by atomic mass is 10.2. The number of carbonyl (C=O) groups is 1. The van der Waals surface area contributed by atoms with Gasteiger partial charge in [-0.25, -0.2) is 4.98 Å². The molecule has 1 unspecified atom stereocenters. The van der Waals surface area contributed by atoms with E-state index in [4.69, 9.17) is 0 Å². The summed E-state index contributed by atoms with van der Waals surface area (Å²) in [6.45, 7) is 6.18. The molecule has 1 amide bonds. The van der Waals surface area contributed by atoms with Crippen molar-refractivity contribution in [3.8, 4) is 0 Å². The zero-order valence-electron chi connectivity index (χ0n) is 16.2. The summed E-state index contributed by atoms with van der Waals surface area (Å²) in [5, 5.41) is 6.75. The number of rotatable bonds is 5. The van der Waals surface area contributed by atoms with Crippen LogP contribution < -0.4 is 10.6 Å². The van der Waals surface area contributed by atoms with E-state index in [1.165, 1.54) is 0 Å². The topological polar surface area (TPSA) is 85.4 Å². The summed E-state index contributed by atoms with van der Waals surface area (Å²) >= 11 is 0. The normalized spacial score (nSPS) is 17.3. The van der Waals surface area contributed by atoms with E-state index in [0.717, 1.165) is 55.3 Å². The van der Waals surface area contributed by atoms with E-state index in [0.29, 0.717) is 0 Å². The molecule has 0 spiro atoms. The molecule has 1 saturated heterocycles. The van der Waals surface area contributed by atoms with Crippen LogP contribution in [0.15, 0.2) is 29.3 Å². The van der Waals surface area contributed by atoms with Gasteiger partial charge in [-0.15, -0.1) is 24.0 Å². The van der Waals surface area contributed by atoms with Gasteiger partial charge in [0.25, 0.3) is 0 Å². The molecule has 1 aromatic carbocycles. The molecule has 27 heavy (non-hydrogen) atoms. The van der Waals surface area contributed by atoms with E-state index >= 15 is 0 Å². The highest BCUT2D eigenvalue weighted by atomic mass is 127. The second-order valence-corrected chi connectivity index (χ2v) is 7.02. The molecule has 2 aromatic rings. The SMILES string of the molecule is CN=C(NCCc1nc2ccccc2[nH]1)NC1CCN(C(=O)C(C)C)C1.I. The van der Waals surface area contributed by atoms with Crippen LogP contribution >= 0.6 is 24.0 Å². The molecular weight excluding hydrogens is 455 g/mol. The van der Waals surface area contributed by atoms with Crippen molar-refractivity contribution in [2.75, 3.05) is 26.7 Å². The number of imidazole rings is 1. The number of aromatic amines is 1. The highest BCUT2D eigenvalue weighted by Gasteiger charge is 2.27. The lowest BCUT2D eigenvalue weighted by molar-refractivity contribution is -0.133. The first-order valence-corrected chi connectivity index (χ1v) is 9.26. The molecule has 7 nitrogen and oxygen atoms in total. The summed E-state index contributed by atoms with van der Waals surface area (Å²) in [6, 6.07) is 8.28. The number of amides is 1. The quantitative estimate of drug-likeness (QED) is 0.345. The Hall–Kier alpha value is -1.84. The molecule has 148 valence electrons. The molecular formula is C19H29IN6O. The van der Waals surface area contributed by atoms with Crippen LogP contribution in [0.25, 0.3) is 11.0 Å². The number of likely N-dealkylation sites (tertiary alicyclic amines) is 1. The van der Waals surface area contributed by atoms with Gasteiger partial charge in [-0.05, 0) is 18.6 Å². The summed E-state index contributed by atoms with van der Waals surface area (Å²) in [5.41, 5.74) is 2.05. The van der Waals surface area contributed by atoms with Gasteiger partial charge in [0.05, 0.1) is 11.0 Å². The molecule has 1 atom stereocenters. The first-order chi connectivity index (χ1) is 12.6. The minimum absolute atomic E-state index is 0. The predicted molar refractivity (Wildman–Crippen MR) is 120 cm³/mol. The number of aliphatic imine (C=N–C) groups is 1. The number of nitrogens with one attached hydrogen (secondary N) is 3. The van der Waals surface area contributed by atoms with Gasteiger partial charge in [0.2, 0.25) is 5.91 Å². The lowest BCUT2D eigenvalue weighted by Crippen LogP contribution is -2.45. The Morgan fingerprint density at radius 1 is 1.41 bits per heavy atom. The van der Waals surface area contributed by atoms with Crippen molar-refractivity contribution in [2.24, 2.45) is 10.9 Å². The number of guanidine groups is 1. The number of H-pyrrole nitrogens is 1. The molecule has 0 bridgehead atoms. The minimum atomic E-state index is 0. The fourth-order valence-electron chi connectivity index (χ4n) is 3.25. The molecule has 0 radical (unpaired) electrons. The van der Waals surface area contributed by atoms with E-state index in [-0.39, 0.29) is 41.8 Å². The minimum Gasteiger partial charge on any atom is -0.356 e. The van der Waals surface area contributed by atoms with Gasteiger partial charge < -0.3 is 20.5 Å². The van der Waals surface area contributed by atoms with E-state index in [2.05, 4.69) is 25.6 Å². The number of nitrogens with zero attached hydrogens (tertiary/aromatic N) is 3. The van der Waals surface area contributed by atoms with Crippen LogP contribution in [-0.4, -0.2) is 59.5 Å². The maximum atomic E-state index is 12.1.